The predicted molar refractivity (Wildman–Crippen MR) is 122 cm³/mol. The highest BCUT2D eigenvalue weighted by atomic mass is 32.1. The molecule has 2 aliphatic rings. The third-order valence-electron chi connectivity index (χ3n) is 5.80. The van der Waals surface area contributed by atoms with Gasteiger partial charge in [-0.2, -0.15) is 0 Å². The summed E-state index contributed by atoms with van der Waals surface area (Å²) in [5.74, 6) is 3.98. The monoisotopic (exact) mass is 444 g/mol. The lowest BCUT2D eigenvalue weighted by atomic mass is 9.96. The Hall–Kier alpha value is -3.65. The summed E-state index contributed by atoms with van der Waals surface area (Å²) in [5, 5.41) is 4.87. The number of aromatic nitrogens is 3. The number of thiophene rings is 1. The summed E-state index contributed by atoms with van der Waals surface area (Å²) in [4.78, 5) is 25.2. The van der Waals surface area contributed by atoms with Gasteiger partial charge in [-0.05, 0) is 54.1 Å². The summed E-state index contributed by atoms with van der Waals surface area (Å²) < 4.78 is 12.2. The number of carbonyl (C=O) groups excluding carboxylic acids is 1. The predicted octanol–water partition coefficient (Wildman–Crippen LogP) is 4.93. The number of nitrogens with one attached hydrogen (secondary N) is 2. The summed E-state index contributed by atoms with van der Waals surface area (Å²) in [6.07, 6.45) is 5.48. The summed E-state index contributed by atoms with van der Waals surface area (Å²) in [6.45, 7) is 0.585. The molecule has 5 heterocycles. The maximum atomic E-state index is 11.7. The molecule has 2 aliphatic heterocycles. The molecule has 0 unspecified atom stereocenters. The molecule has 32 heavy (non-hydrogen) atoms. The molecule has 0 bridgehead atoms. The third-order valence-corrected chi connectivity index (χ3v) is 6.69. The quantitative estimate of drug-likeness (QED) is 0.466. The van der Waals surface area contributed by atoms with E-state index in [0.29, 0.717) is 25.3 Å². The number of fused-ring (bicyclic) bond motifs is 2. The average molecular weight is 445 g/mol. The Balaban J connectivity index is 1.23. The van der Waals surface area contributed by atoms with Crippen LogP contribution in [-0.2, 0) is 17.6 Å². The van der Waals surface area contributed by atoms with Crippen LogP contribution in [0, 0.1) is 0 Å². The fraction of sp³-hybridized carbons (Fsp3) is 0.208. The molecule has 0 radical (unpaired) electrons. The Labute approximate surface area is 188 Å². The molecule has 0 aliphatic carbocycles. The molecular formula is C24H20N4O3S. The lowest BCUT2D eigenvalue weighted by Crippen LogP contribution is -2.20. The van der Waals surface area contributed by atoms with E-state index in [4.69, 9.17) is 14.5 Å². The number of H-pyrrole nitrogens is 1. The normalized spacial score (nSPS) is 17.1. The first-order valence-corrected chi connectivity index (χ1v) is 11.4. The van der Waals surface area contributed by atoms with E-state index in [9.17, 15) is 4.79 Å². The fourth-order valence-corrected chi connectivity index (χ4v) is 4.87. The Bertz CT molecular complexity index is 1300. The zero-order valence-corrected chi connectivity index (χ0v) is 17.9. The molecule has 1 amide bonds. The van der Waals surface area contributed by atoms with Crippen LogP contribution in [0.5, 0.6) is 17.2 Å². The second kappa shape index (κ2) is 7.80. The highest BCUT2D eigenvalue weighted by molar-refractivity contribution is 7.13. The number of hydrogen-bond donors (Lipinski definition) is 2. The Morgan fingerprint density at radius 3 is 3.06 bits per heavy atom. The molecule has 0 saturated heterocycles. The van der Waals surface area contributed by atoms with Crippen molar-refractivity contribution < 1.29 is 14.3 Å². The number of ether oxygens (including phenoxy) is 2. The van der Waals surface area contributed by atoms with Crippen molar-refractivity contribution in [2.75, 3.05) is 11.9 Å². The standard InChI is InChI=1S/C24H20N4O3S/c29-22-6-4-17-20(7-8-25-24(17)28-22)31-16-3-5-19-14(11-16)10-15(13-30-19)23-26-12-18(27-23)21-2-1-9-32-21/h1-3,5,7-9,11-12,15H,4,6,10,13H2,(H,26,27)(H,25,28,29)/t15-/m1/s1. The van der Waals surface area contributed by atoms with E-state index in [2.05, 4.69) is 26.7 Å². The van der Waals surface area contributed by atoms with Crippen molar-refractivity contribution in [1.82, 2.24) is 15.0 Å². The van der Waals surface area contributed by atoms with E-state index >= 15 is 0 Å². The van der Waals surface area contributed by atoms with Gasteiger partial charge >= 0.3 is 0 Å². The van der Waals surface area contributed by atoms with Crippen LogP contribution in [0.1, 0.15) is 29.3 Å². The molecule has 1 aromatic carbocycles. The Morgan fingerprint density at radius 1 is 1.19 bits per heavy atom. The maximum Gasteiger partial charge on any atom is 0.225 e. The highest BCUT2D eigenvalue weighted by Gasteiger charge is 2.25. The van der Waals surface area contributed by atoms with Gasteiger partial charge < -0.3 is 19.8 Å². The zero-order chi connectivity index (χ0) is 21.5. The van der Waals surface area contributed by atoms with Crippen molar-refractivity contribution in [3.05, 3.63) is 71.1 Å². The highest BCUT2D eigenvalue weighted by Crippen LogP contribution is 2.37. The molecular weight excluding hydrogens is 424 g/mol. The van der Waals surface area contributed by atoms with Gasteiger partial charge in [-0.15, -0.1) is 11.3 Å². The number of anilines is 1. The van der Waals surface area contributed by atoms with E-state index in [1.807, 2.05) is 36.5 Å². The molecule has 6 rings (SSSR count). The molecule has 8 heteroatoms. The minimum absolute atomic E-state index is 0.0146. The van der Waals surface area contributed by atoms with E-state index < -0.39 is 0 Å². The van der Waals surface area contributed by atoms with Crippen LogP contribution in [0.3, 0.4) is 0 Å². The van der Waals surface area contributed by atoms with E-state index in [0.717, 1.165) is 51.2 Å². The summed E-state index contributed by atoms with van der Waals surface area (Å²) in [6, 6.07) is 11.8. The summed E-state index contributed by atoms with van der Waals surface area (Å²) >= 11 is 1.68. The van der Waals surface area contributed by atoms with Crippen molar-refractivity contribution in [3.8, 4) is 27.8 Å². The van der Waals surface area contributed by atoms with Crippen molar-refractivity contribution >= 4 is 23.1 Å². The van der Waals surface area contributed by atoms with E-state index in [1.165, 1.54) is 0 Å². The second-order valence-corrected chi connectivity index (χ2v) is 8.86. The van der Waals surface area contributed by atoms with Gasteiger partial charge in [-0.3, -0.25) is 4.79 Å². The number of amides is 1. The molecule has 2 N–H and O–H groups in total. The number of benzene rings is 1. The number of carbonyl (C=O) groups is 1. The number of nitrogens with zero attached hydrogens (tertiary/aromatic N) is 2. The molecule has 160 valence electrons. The number of imidazole rings is 1. The Morgan fingerprint density at radius 2 is 2.16 bits per heavy atom. The minimum Gasteiger partial charge on any atom is -0.493 e. The van der Waals surface area contributed by atoms with Crippen LogP contribution in [0.2, 0.25) is 0 Å². The maximum absolute atomic E-state index is 11.7. The fourth-order valence-electron chi connectivity index (χ4n) is 4.19. The molecule has 0 spiro atoms. The Kier molecular flexibility index (Phi) is 4.65. The molecule has 0 fully saturated rings. The molecule has 0 saturated carbocycles. The molecule has 4 aromatic rings. The first-order chi connectivity index (χ1) is 15.7. The molecule has 7 nitrogen and oxygen atoms in total. The van der Waals surface area contributed by atoms with Gasteiger partial charge in [0.2, 0.25) is 5.91 Å². The molecule has 3 aromatic heterocycles. The van der Waals surface area contributed by atoms with Gasteiger partial charge in [0.25, 0.3) is 0 Å². The van der Waals surface area contributed by atoms with Crippen LogP contribution in [0.4, 0.5) is 5.82 Å². The third kappa shape index (κ3) is 3.52. The largest absolute Gasteiger partial charge is 0.493 e. The van der Waals surface area contributed by atoms with Crippen LogP contribution in [0.25, 0.3) is 10.6 Å². The van der Waals surface area contributed by atoms with Crippen LogP contribution >= 0.6 is 11.3 Å². The van der Waals surface area contributed by atoms with Crippen molar-refractivity contribution in [1.29, 1.82) is 0 Å². The van der Waals surface area contributed by atoms with Gasteiger partial charge in [0.05, 0.1) is 23.1 Å². The van der Waals surface area contributed by atoms with Crippen LogP contribution in [0.15, 0.2) is 54.2 Å². The van der Waals surface area contributed by atoms with Gasteiger partial charge in [-0.25, -0.2) is 9.97 Å². The van der Waals surface area contributed by atoms with Gasteiger partial charge in [0.15, 0.2) is 0 Å². The van der Waals surface area contributed by atoms with Crippen molar-refractivity contribution in [2.45, 2.75) is 25.2 Å². The summed E-state index contributed by atoms with van der Waals surface area (Å²) in [7, 11) is 0. The summed E-state index contributed by atoms with van der Waals surface area (Å²) in [5.41, 5.74) is 2.98. The smallest absolute Gasteiger partial charge is 0.225 e. The first kappa shape index (κ1) is 19.1. The molecule has 1 atom stereocenters. The lowest BCUT2D eigenvalue weighted by Gasteiger charge is -2.25. The number of aromatic amines is 1. The second-order valence-electron chi connectivity index (χ2n) is 7.92. The van der Waals surface area contributed by atoms with E-state index in [1.54, 1.807) is 17.5 Å². The van der Waals surface area contributed by atoms with Crippen LogP contribution in [-0.4, -0.2) is 27.5 Å². The number of pyridine rings is 1. The number of rotatable bonds is 4. The first-order valence-electron chi connectivity index (χ1n) is 10.5. The van der Waals surface area contributed by atoms with Crippen molar-refractivity contribution in [3.63, 3.8) is 0 Å². The van der Waals surface area contributed by atoms with E-state index in [-0.39, 0.29) is 11.8 Å². The minimum atomic E-state index is -0.0146. The van der Waals surface area contributed by atoms with Crippen molar-refractivity contribution in [2.24, 2.45) is 0 Å². The van der Waals surface area contributed by atoms with Gasteiger partial charge in [0, 0.05) is 24.4 Å². The SMILES string of the molecule is O=C1CCc2c(Oc3ccc4c(c3)C[C@@H](c3nc(-c5cccs5)c[nH]3)CO4)ccnc2N1. The zero-order valence-electron chi connectivity index (χ0n) is 17.1. The number of hydrogen-bond acceptors (Lipinski definition) is 6. The van der Waals surface area contributed by atoms with Gasteiger partial charge in [-0.1, -0.05) is 6.07 Å². The van der Waals surface area contributed by atoms with Crippen LogP contribution < -0.4 is 14.8 Å². The lowest BCUT2D eigenvalue weighted by molar-refractivity contribution is -0.116. The topological polar surface area (TPSA) is 89.1 Å². The van der Waals surface area contributed by atoms with Gasteiger partial charge in [0.1, 0.15) is 28.9 Å². The average Bonchev–Trinajstić information content (AvgIpc) is 3.51.